The molecule has 0 amide bonds. The van der Waals surface area contributed by atoms with E-state index in [-0.39, 0.29) is 55.3 Å². The number of ketones is 2. The molecule has 0 spiro atoms. The lowest BCUT2D eigenvalue weighted by Crippen LogP contribution is -2.51. The lowest BCUT2D eigenvalue weighted by atomic mass is 9.49. The summed E-state index contributed by atoms with van der Waals surface area (Å²) in [5.74, 6) is 3.70. The van der Waals surface area contributed by atoms with E-state index >= 15 is 0 Å². The maximum Gasteiger partial charge on any atom is 0.252 e. The highest BCUT2D eigenvalue weighted by atomic mass is 35.5. The number of Topliss-reactive ketones (excluding diaryl/α,β-unsaturated/α-hetero) is 2. The van der Waals surface area contributed by atoms with Gasteiger partial charge in [-0.1, -0.05) is 80.4 Å². The van der Waals surface area contributed by atoms with Gasteiger partial charge in [-0.25, -0.2) is 0 Å². The number of ether oxygens (including phenoxy) is 2. The summed E-state index contributed by atoms with van der Waals surface area (Å²) in [6.07, 6.45) is 10.0. The molecule has 2 fully saturated rings. The number of phenolic OH excluding ortho intramolecular Hbond substituents is 2. The first-order valence-corrected chi connectivity index (χ1v) is 25.1. The number of fused-ring (bicyclic) bond motifs is 6. The minimum atomic E-state index is -0.492. The topological polar surface area (TPSA) is 127 Å². The minimum absolute atomic E-state index is 0. The van der Waals surface area contributed by atoms with Crippen molar-refractivity contribution in [3.8, 4) is 23.0 Å². The van der Waals surface area contributed by atoms with Crippen molar-refractivity contribution in [1.82, 2.24) is 0 Å². The van der Waals surface area contributed by atoms with Crippen LogP contribution in [0.4, 0.5) is 4.70 Å². The van der Waals surface area contributed by atoms with Gasteiger partial charge in [0.1, 0.15) is 28.8 Å². The Labute approximate surface area is 420 Å². The maximum atomic E-state index is 12.5. The highest BCUT2D eigenvalue weighted by Gasteiger charge is 2.55. The fraction of sp³-hybridized carbons (Fsp3) is 0.517. The van der Waals surface area contributed by atoms with Crippen LogP contribution in [0, 0.1) is 22.7 Å². The molecule has 11 heteroatoms. The number of hydrogen-bond acceptors (Lipinski definition) is 8. The predicted molar refractivity (Wildman–Crippen MR) is 277 cm³/mol. The fourth-order valence-electron chi connectivity index (χ4n) is 12.3. The summed E-state index contributed by atoms with van der Waals surface area (Å²) in [5.41, 5.74) is 8.08. The van der Waals surface area contributed by atoms with Gasteiger partial charge in [-0.3, -0.25) is 23.9 Å². The van der Waals surface area contributed by atoms with E-state index in [4.69, 9.17) is 42.9 Å². The number of hydrogen-bond donors (Lipinski definition) is 2. The first-order chi connectivity index (χ1) is 31.9. The Kier molecular flexibility index (Phi) is 19.0. The standard InChI is InChI=1S/C23H32O2.C21H26Cl2O2.C8H10O2.C6H6O2.FH/c1-14(2)18-12-17-8-9-21-22(5,16(4)25)10-7-11-23(21,6)20(17)13-19(18)15(3)24;1-12(2)14-10-13-6-7-17-20(3,16(13)11-15(14)18(22)24)8-5-9-21(17,4)19(23)25;1-9-7-3-5-8(10-2)6-4-7;7-5-1-2-6(8)4-3-5;/h12-14,21H,7-11H2,1-6H3;10-12,17H,5-9H2,1-4H3;3-6H,1-2H3;1-4,7-8H;1H. The molecule has 8 rings (SSSR count). The van der Waals surface area contributed by atoms with Gasteiger partial charge < -0.3 is 19.7 Å². The van der Waals surface area contributed by atoms with E-state index < -0.39 is 10.7 Å². The normalized spacial score (nSPS) is 25.1. The number of halogens is 3. The highest BCUT2D eigenvalue weighted by molar-refractivity contribution is 6.68. The summed E-state index contributed by atoms with van der Waals surface area (Å²) in [5, 5.41) is 16.7. The van der Waals surface area contributed by atoms with Crippen molar-refractivity contribution >= 4 is 45.3 Å². The summed E-state index contributed by atoms with van der Waals surface area (Å²) >= 11 is 11.9. The van der Waals surface area contributed by atoms with Crippen molar-refractivity contribution in [2.75, 3.05) is 14.2 Å². The molecule has 69 heavy (non-hydrogen) atoms. The molecule has 0 heterocycles. The van der Waals surface area contributed by atoms with Crippen molar-refractivity contribution in [1.29, 1.82) is 0 Å². The SMILES string of the molecule is CC(=O)c1cc2c(cc1C(C)C)CCC1C(C)(C(C)=O)CCCC21C.CC(C)c1cc2c(cc1C(=O)Cl)C1(C)CCCC(C)(C(=O)Cl)C1CC2.COc1ccc(OC)cc1.F.Oc1ccc(O)cc1. The molecule has 0 aliphatic heterocycles. The molecule has 2 N–H and O–H groups in total. The second-order valence-electron chi connectivity index (χ2n) is 21.1. The zero-order chi connectivity index (χ0) is 50.5. The molecule has 8 nitrogen and oxygen atoms in total. The summed E-state index contributed by atoms with van der Waals surface area (Å²) in [6.45, 7) is 20.7. The van der Waals surface area contributed by atoms with Gasteiger partial charge in [-0.15, -0.1) is 0 Å². The molecule has 376 valence electrons. The molecule has 2 saturated carbocycles. The van der Waals surface area contributed by atoms with Crippen LogP contribution in [0.25, 0.3) is 0 Å². The van der Waals surface area contributed by atoms with Crippen LogP contribution in [-0.2, 0) is 33.3 Å². The van der Waals surface area contributed by atoms with E-state index in [1.54, 1.807) is 28.1 Å². The maximum absolute atomic E-state index is 12.5. The Bertz CT molecular complexity index is 2300. The molecule has 4 aliphatic carbocycles. The monoisotopic (exact) mass is 988 g/mol. The van der Waals surface area contributed by atoms with Crippen LogP contribution >= 0.6 is 23.2 Å². The van der Waals surface area contributed by atoms with Gasteiger partial charge in [0.25, 0.3) is 5.24 Å². The predicted octanol–water partition coefficient (Wildman–Crippen LogP) is 14.5. The highest BCUT2D eigenvalue weighted by Crippen LogP contribution is 2.59. The van der Waals surface area contributed by atoms with Gasteiger partial charge in [0.2, 0.25) is 5.24 Å². The largest absolute Gasteiger partial charge is 0.508 e. The number of aryl methyl sites for hydroxylation is 2. The van der Waals surface area contributed by atoms with E-state index in [1.165, 1.54) is 52.1 Å². The quantitative estimate of drug-likeness (QED) is 0.102. The van der Waals surface area contributed by atoms with Crippen molar-refractivity contribution in [2.45, 2.75) is 156 Å². The molecule has 6 unspecified atom stereocenters. The second kappa shape index (κ2) is 23.0. The third-order valence-corrected chi connectivity index (χ3v) is 16.9. The molecule has 0 aromatic heterocycles. The molecule has 0 saturated heterocycles. The van der Waals surface area contributed by atoms with Crippen LogP contribution in [0.2, 0.25) is 0 Å². The Morgan fingerprint density at radius 3 is 1.32 bits per heavy atom. The number of benzene rings is 4. The molecule has 0 bridgehead atoms. The smallest absolute Gasteiger partial charge is 0.252 e. The summed E-state index contributed by atoms with van der Waals surface area (Å²) in [4.78, 5) is 49.1. The molecule has 0 radical (unpaired) electrons. The Hall–Kier alpha value is -4.73. The van der Waals surface area contributed by atoms with Gasteiger partial charge >= 0.3 is 0 Å². The molecular formula is C58H75Cl2FO8. The number of carbonyl (C=O) groups excluding carboxylic acids is 4. The molecule has 4 aromatic carbocycles. The third-order valence-electron chi connectivity index (χ3n) is 16.3. The van der Waals surface area contributed by atoms with Crippen LogP contribution in [0.5, 0.6) is 23.0 Å². The average Bonchev–Trinajstić information content (AvgIpc) is 3.29. The zero-order valence-electron chi connectivity index (χ0n) is 42.8. The number of aromatic hydroxyl groups is 2. The van der Waals surface area contributed by atoms with E-state index in [2.05, 4.69) is 66.7 Å². The lowest BCUT2D eigenvalue weighted by Gasteiger charge is -2.54. The van der Waals surface area contributed by atoms with Crippen LogP contribution in [0.1, 0.15) is 187 Å². The Morgan fingerprint density at radius 1 is 0.594 bits per heavy atom. The van der Waals surface area contributed by atoms with Crippen molar-refractivity contribution < 1.29 is 43.6 Å². The van der Waals surface area contributed by atoms with Crippen LogP contribution in [0.15, 0.2) is 72.8 Å². The van der Waals surface area contributed by atoms with E-state index in [0.29, 0.717) is 23.2 Å². The Balaban J connectivity index is 0.000000220. The van der Waals surface area contributed by atoms with Gasteiger partial charge in [0.15, 0.2) is 5.78 Å². The summed E-state index contributed by atoms with van der Waals surface area (Å²) < 4.78 is 9.92. The average molecular weight is 990 g/mol. The van der Waals surface area contributed by atoms with Crippen molar-refractivity contribution in [2.24, 2.45) is 22.7 Å². The van der Waals surface area contributed by atoms with Crippen molar-refractivity contribution in [3.05, 3.63) is 117 Å². The van der Waals surface area contributed by atoms with Gasteiger partial charge in [-0.2, -0.15) is 0 Å². The third kappa shape index (κ3) is 11.9. The van der Waals surface area contributed by atoms with Gasteiger partial charge in [0, 0.05) is 22.0 Å². The fourth-order valence-corrected chi connectivity index (χ4v) is 12.7. The van der Waals surface area contributed by atoms with E-state index in [0.717, 1.165) is 86.8 Å². The number of carbonyl (C=O) groups is 4. The lowest BCUT2D eigenvalue weighted by molar-refractivity contribution is -0.134. The van der Waals surface area contributed by atoms with Crippen LogP contribution in [0.3, 0.4) is 0 Å². The minimum Gasteiger partial charge on any atom is -0.508 e. The molecule has 4 aliphatic rings. The van der Waals surface area contributed by atoms with Crippen LogP contribution < -0.4 is 9.47 Å². The van der Waals surface area contributed by atoms with E-state index in [1.807, 2.05) is 37.3 Å². The number of methoxy groups -OCH3 is 2. The Morgan fingerprint density at radius 2 is 0.971 bits per heavy atom. The summed E-state index contributed by atoms with van der Waals surface area (Å²) in [6, 6.07) is 21.8. The second-order valence-corrected chi connectivity index (χ2v) is 21.8. The molecular weight excluding hydrogens is 915 g/mol. The number of rotatable bonds is 8. The molecule has 4 aromatic rings. The number of phenols is 2. The van der Waals surface area contributed by atoms with Gasteiger partial charge in [-0.05, 0) is 217 Å². The van der Waals surface area contributed by atoms with Crippen molar-refractivity contribution in [3.63, 3.8) is 0 Å². The van der Waals surface area contributed by atoms with Crippen LogP contribution in [-0.4, -0.2) is 46.5 Å². The summed E-state index contributed by atoms with van der Waals surface area (Å²) in [7, 11) is 3.28. The van der Waals surface area contributed by atoms with Gasteiger partial charge in [0.05, 0.1) is 14.2 Å². The first-order valence-electron chi connectivity index (χ1n) is 24.3. The zero-order valence-corrected chi connectivity index (χ0v) is 44.3. The van der Waals surface area contributed by atoms with E-state index in [9.17, 15) is 19.2 Å². The first kappa shape index (κ1) is 56.9. The molecule has 6 atom stereocenters.